The number of hydrogen-bond donors (Lipinski definition) is 1. The van der Waals surface area contributed by atoms with Crippen molar-refractivity contribution in [2.45, 2.75) is 44.6 Å². The van der Waals surface area contributed by atoms with Gasteiger partial charge in [0.25, 0.3) is 0 Å². The van der Waals surface area contributed by atoms with Crippen molar-refractivity contribution in [1.82, 2.24) is 14.5 Å². The average Bonchev–Trinajstić information content (AvgIpc) is 3.31. The first-order chi connectivity index (χ1) is 10.1. The first-order valence-corrected chi connectivity index (χ1v) is 10.2. The van der Waals surface area contributed by atoms with Gasteiger partial charge in [-0.1, -0.05) is 6.42 Å². The molecule has 1 unspecified atom stereocenters. The predicted octanol–water partition coefficient (Wildman–Crippen LogP) is 0.876. The van der Waals surface area contributed by atoms with E-state index in [9.17, 15) is 8.42 Å². The van der Waals surface area contributed by atoms with Crippen LogP contribution in [0.3, 0.4) is 0 Å². The number of hydrogen-bond acceptors (Lipinski definition) is 4. The second-order valence-electron chi connectivity index (χ2n) is 6.89. The van der Waals surface area contributed by atoms with Crippen molar-refractivity contribution in [3.8, 4) is 0 Å². The van der Waals surface area contributed by atoms with Crippen LogP contribution in [0.2, 0.25) is 0 Å². The molecule has 1 saturated carbocycles. The molecule has 3 rings (SSSR count). The number of nitrogens with one attached hydrogen (secondary N) is 1. The summed E-state index contributed by atoms with van der Waals surface area (Å²) in [6.45, 7) is 5.43. The molecule has 1 atom stereocenters. The molecule has 1 aliphatic carbocycles. The Hall–Kier alpha value is -0.170. The minimum Gasteiger partial charge on any atom is -0.314 e. The fourth-order valence-electron chi connectivity index (χ4n) is 3.45. The molecule has 0 aromatic rings. The summed E-state index contributed by atoms with van der Waals surface area (Å²) < 4.78 is 26.6. The van der Waals surface area contributed by atoms with Gasteiger partial charge in [-0.25, -0.2) is 8.42 Å². The van der Waals surface area contributed by atoms with Crippen molar-refractivity contribution in [2.75, 3.05) is 45.0 Å². The maximum Gasteiger partial charge on any atom is 0.214 e. The normalized spacial score (nSPS) is 29.6. The third-order valence-corrected chi connectivity index (χ3v) is 6.98. The molecule has 0 amide bonds. The summed E-state index contributed by atoms with van der Waals surface area (Å²) in [7, 11) is -3.05. The molecule has 1 N–H and O–H groups in total. The van der Waals surface area contributed by atoms with Gasteiger partial charge in [-0.3, -0.25) is 0 Å². The standard InChI is InChI=1S/C15H29N3O2S/c19-21(20,12-6-15-3-1-2-7-16-15)18-10-8-17(9-11-18)13-14-4-5-14/h14-16H,1-13H2. The fraction of sp³-hybridized carbons (Fsp3) is 1.00. The van der Waals surface area contributed by atoms with Crippen LogP contribution in [0, 0.1) is 5.92 Å². The number of rotatable bonds is 6. The predicted molar refractivity (Wildman–Crippen MR) is 84.8 cm³/mol. The van der Waals surface area contributed by atoms with Crippen molar-refractivity contribution in [3.63, 3.8) is 0 Å². The molecule has 6 heteroatoms. The van der Waals surface area contributed by atoms with Gasteiger partial charge < -0.3 is 10.2 Å². The summed E-state index contributed by atoms with van der Waals surface area (Å²) in [5, 5.41) is 3.44. The van der Waals surface area contributed by atoms with Crippen molar-refractivity contribution in [3.05, 3.63) is 0 Å². The minimum absolute atomic E-state index is 0.313. The van der Waals surface area contributed by atoms with Gasteiger partial charge in [0.15, 0.2) is 0 Å². The van der Waals surface area contributed by atoms with E-state index in [1.165, 1.54) is 32.2 Å². The highest BCUT2D eigenvalue weighted by molar-refractivity contribution is 7.89. The third kappa shape index (κ3) is 4.65. The van der Waals surface area contributed by atoms with Crippen LogP contribution < -0.4 is 5.32 Å². The Balaban J connectivity index is 1.41. The maximum absolute atomic E-state index is 12.4. The van der Waals surface area contributed by atoms with Gasteiger partial charge >= 0.3 is 0 Å². The van der Waals surface area contributed by atoms with E-state index >= 15 is 0 Å². The average molecular weight is 315 g/mol. The molecule has 2 aliphatic heterocycles. The first-order valence-electron chi connectivity index (χ1n) is 8.57. The van der Waals surface area contributed by atoms with Crippen LogP contribution in [0.5, 0.6) is 0 Å². The highest BCUT2D eigenvalue weighted by Crippen LogP contribution is 2.30. The highest BCUT2D eigenvalue weighted by Gasteiger charge is 2.30. The lowest BCUT2D eigenvalue weighted by molar-refractivity contribution is 0.182. The molecule has 3 fully saturated rings. The SMILES string of the molecule is O=S(=O)(CCC1CCCCN1)N1CCN(CC2CC2)CC1. The van der Waals surface area contributed by atoms with Crippen molar-refractivity contribution >= 4 is 10.0 Å². The molecule has 2 heterocycles. The van der Waals surface area contributed by atoms with Crippen LogP contribution in [0.25, 0.3) is 0 Å². The summed E-state index contributed by atoms with van der Waals surface area (Å²) in [4.78, 5) is 2.44. The summed E-state index contributed by atoms with van der Waals surface area (Å²) in [6, 6.07) is 0.407. The van der Waals surface area contributed by atoms with E-state index < -0.39 is 10.0 Å². The molecule has 2 saturated heterocycles. The Bertz CT molecular complexity index is 422. The van der Waals surface area contributed by atoms with Gasteiger partial charge in [0.05, 0.1) is 5.75 Å². The zero-order valence-corrected chi connectivity index (χ0v) is 13.8. The van der Waals surface area contributed by atoms with Gasteiger partial charge in [0.1, 0.15) is 0 Å². The summed E-state index contributed by atoms with van der Waals surface area (Å²) >= 11 is 0. The summed E-state index contributed by atoms with van der Waals surface area (Å²) in [5.74, 6) is 1.21. The molecule has 5 nitrogen and oxygen atoms in total. The van der Waals surface area contributed by atoms with Crippen molar-refractivity contribution < 1.29 is 8.42 Å². The largest absolute Gasteiger partial charge is 0.314 e. The van der Waals surface area contributed by atoms with Gasteiger partial charge in [-0.05, 0) is 44.6 Å². The van der Waals surface area contributed by atoms with E-state index in [1.807, 2.05) is 0 Å². The number of sulfonamides is 1. The lowest BCUT2D eigenvalue weighted by atomic mass is 10.0. The van der Waals surface area contributed by atoms with Crippen LogP contribution in [0.15, 0.2) is 0 Å². The van der Waals surface area contributed by atoms with E-state index in [0.717, 1.165) is 38.4 Å². The van der Waals surface area contributed by atoms with Gasteiger partial charge in [-0.2, -0.15) is 4.31 Å². The van der Waals surface area contributed by atoms with E-state index in [0.29, 0.717) is 24.9 Å². The van der Waals surface area contributed by atoms with E-state index in [2.05, 4.69) is 10.2 Å². The number of piperazine rings is 1. The molecule has 21 heavy (non-hydrogen) atoms. The van der Waals surface area contributed by atoms with E-state index in [4.69, 9.17) is 0 Å². The van der Waals surface area contributed by atoms with Crippen molar-refractivity contribution in [2.24, 2.45) is 5.92 Å². The van der Waals surface area contributed by atoms with Crippen molar-refractivity contribution in [1.29, 1.82) is 0 Å². The fourth-order valence-corrected chi connectivity index (χ4v) is 5.01. The van der Waals surface area contributed by atoms with Gasteiger partial charge in [-0.15, -0.1) is 0 Å². The molecular formula is C15H29N3O2S. The Kier molecular flexibility index (Phi) is 5.19. The molecule has 3 aliphatic rings. The zero-order valence-electron chi connectivity index (χ0n) is 13.0. The molecule has 0 aromatic carbocycles. The maximum atomic E-state index is 12.4. The second-order valence-corrected chi connectivity index (χ2v) is 8.98. The number of piperidine rings is 1. The lowest BCUT2D eigenvalue weighted by Gasteiger charge is -2.34. The smallest absolute Gasteiger partial charge is 0.214 e. The minimum atomic E-state index is -3.05. The monoisotopic (exact) mass is 315 g/mol. The topological polar surface area (TPSA) is 52.7 Å². The Morgan fingerprint density at radius 2 is 1.76 bits per heavy atom. The van der Waals surface area contributed by atoms with E-state index in [1.54, 1.807) is 4.31 Å². The molecular weight excluding hydrogens is 286 g/mol. The van der Waals surface area contributed by atoms with Crippen LogP contribution in [-0.2, 0) is 10.0 Å². The Morgan fingerprint density at radius 1 is 1.00 bits per heavy atom. The summed E-state index contributed by atoms with van der Waals surface area (Å²) in [5.41, 5.74) is 0. The quantitative estimate of drug-likeness (QED) is 0.790. The third-order valence-electron chi connectivity index (χ3n) is 5.07. The van der Waals surface area contributed by atoms with Gasteiger partial charge in [0.2, 0.25) is 10.0 Å². The molecule has 0 bridgehead atoms. The molecule has 122 valence electrons. The zero-order chi connectivity index (χ0) is 14.7. The first kappa shape index (κ1) is 15.7. The van der Waals surface area contributed by atoms with Crippen LogP contribution in [0.1, 0.15) is 38.5 Å². The second kappa shape index (κ2) is 6.94. The molecule has 0 radical (unpaired) electrons. The van der Waals surface area contributed by atoms with Crippen LogP contribution >= 0.6 is 0 Å². The summed E-state index contributed by atoms with van der Waals surface area (Å²) in [6.07, 6.45) is 7.10. The Labute approximate surface area is 129 Å². The van der Waals surface area contributed by atoms with Gasteiger partial charge in [0, 0.05) is 38.8 Å². The Morgan fingerprint density at radius 3 is 2.38 bits per heavy atom. The highest BCUT2D eigenvalue weighted by atomic mass is 32.2. The molecule has 0 spiro atoms. The van der Waals surface area contributed by atoms with Crippen LogP contribution in [0.4, 0.5) is 0 Å². The van der Waals surface area contributed by atoms with Crippen LogP contribution in [-0.4, -0.2) is 68.7 Å². The molecule has 0 aromatic heterocycles. The van der Waals surface area contributed by atoms with E-state index in [-0.39, 0.29) is 0 Å². The number of nitrogens with zero attached hydrogens (tertiary/aromatic N) is 2. The lowest BCUT2D eigenvalue weighted by Crippen LogP contribution is -2.50.